The molecule has 0 unspecified atom stereocenters. The van der Waals surface area contributed by atoms with Gasteiger partial charge in [0, 0.05) is 12.2 Å². The van der Waals surface area contributed by atoms with Crippen molar-refractivity contribution in [1.29, 1.82) is 0 Å². The zero-order valence-electron chi connectivity index (χ0n) is 13.4. The maximum Gasteiger partial charge on any atom is 0.513 e. The van der Waals surface area contributed by atoms with Gasteiger partial charge in [-0.3, -0.25) is 0 Å². The monoisotopic (exact) mass is 314 g/mol. The molecule has 0 heterocycles. The highest BCUT2D eigenvalue weighted by molar-refractivity contribution is 5.74. The van der Waals surface area contributed by atoms with Crippen LogP contribution in [0, 0.1) is 0 Å². The van der Waals surface area contributed by atoms with Crippen LogP contribution in [-0.2, 0) is 9.47 Å². The van der Waals surface area contributed by atoms with E-state index in [1.54, 1.807) is 6.07 Å². The number of hydrogen-bond donors (Lipinski definition) is 0. The van der Waals surface area contributed by atoms with Gasteiger partial charge in [-0.15, -0.1) is 0 Å². The fourth-order valence-corrected chi connectivity index (χ4v) is 2.06. The van der Waals surface area contributed by atoms with Gasteiger partial charge in [0.15, 0.2) is 0 Å². The largest absolute Gasteiger partial charge is 0.513 e. The molecule has 0 spiro atoms. The number of unbranched alkanes of at least 4 members (excludes halogenated alkanes) is 1. The summed E-state index contributed by atoms with van der Waals surface area (Å²) in [6, 6.07) is 17.2. The fourth-order valence-electron chi connectivity index (χ4n) is 2.06. The second-order valence-electron chi connectivity index (χ2n) is 5.03. The normalized spacial score (nSPS) is 10.3. The van der Waals surface area contributed by atoms with Crippen LogP contribution in [-0.4, -0.2) is 26.0 Å². The van der Waals surface area contributed by atoms with Gasteiger partial charge in [0.25, 0.3) is 0 Å². The predicted octanol–water partition coefficient (Wildman–Crippen LogP) is 4.69. The minimum atomic E-state index is -0.715. The molecule has 0 aliphatic rings. The molecule has 0 aromatic heterocycles. The number of hydrogen-bond acceptors (Lipinski definition) is 4. The molecule has 0 aliphatic carbocycles. The number of rotatable bonds is 8. The Morgan fingerprint density at radius 3 is 2.43 bits per heavy atom. The van der Waals surface area contributed by atoms with Crippen LogP contribution in [0.5, 0.6) is 5.75 Å². The Labute approximate surface area is 137 Å². The molecule has 2 aromatic rings. The van der Waals surface area contributed by atoms with Crippen LogP contribution in [0.3, 0.4) is 0 Å². The van der Waals surface area contributed by atoms with Crippen LogP contribution >= 0.6 is 0 Å². The molecule has 4 heteroatoms. The Kier molecular flexibility index (Phi) is 7.14. The summed E-state index contributed by atoms with van der Waals surface area (Å²) in [7, 11) is 0. The zero-order chi connectivity index (χ0) is 16.3. The summed E-state index contributed by atoms with van der Waals surface area (Å²) in [5.41, 5.74) is 1.84. The van der Waals surface area contributed by atoms with Crippen LogP contribution in [0.1, 0.15) is 19.8 Å². The molecular weight excluding hydrogens is 292 g/mol. The lowest BCUT2D eigenvalue weighted by Gasteiger charge is -2.10. The summed E-state index contributed by atoms with van der Waals surface area (Å²) in [5.74, 6) is 0.482. The highest BCUT2D eigenvalue weighted by atomic mass is 16.7. The van der Waals surface area contributed by atoms with Gasteiger partial charge in [-0.05, 0) is 18.1 Å². The average molecular weight is 314 g/mol. The maximum atomic E-state index is 11.8. The lowest BCUT2D eigenvalue weighted by atomic mass is 10.1. The van der Waals surface area contributed by atoms with Gasteiger partial charge in [-0.1, -0.05) is 61.9 Å². The smallest absolute Gasteiger partial charge is 0.432 e. The van der Waals surface area contributed by atoms with Gasteiger partial charge in [0.05, 0.1) is 6.61 Å². The topological polar surface area (TPSA) is 44.8 Å². The summed E-state index contributed by atoms with van der Waals surface area (Å²) >= 11 is 0. The molecule has 4 nitrogen and oxygen atoms in total. The van der Waals surface area contributed by atoms with Crippen molar-refractivity contribution in [3.8, 4) is 16.9 Å². The maximum absolute atomic E-state index is 11.8. The lowest BCUT2D eigenvalue weighted by molar-refractivity contribution is 0.0513. The zero-order valence-corrected chi connectivity index (χ0v) is 13.4. The Hall–Kier alpha value is -2.33. The first kappa shape index (κ1) is 17.0. The Bertz CT molecular complexity index is 595. The first-order valence-corrected chi connectivity index (χ1v) is 7.88. The number of carbonyl (C=O) groups is 1. The van der Waals surface area contributed by atoms with Crippen LogP contribution in [0.25, 0.3) is 11.1 Å². The quantitative estimate of drug-likeness (QED) is 0.403. The van der Waals surface area contributed by atoms with Crippen LogP contribution in [0.4, 0.5) is 4.79 Å². The molecule has 23 heavy (non-hydrogen) atoms. The molecule has 0 saturated carbocycles. The van der Waals surface area contributed by atoms with Crippen molar-refractivity contribution in [2.45, 2.75) is 19.8 Å². The molecule has 122 valence electrons. The molecule has 0 bridgehead atoms. The second-order valence-corrected chi connectivity index (χ2v) is 5.03. The Balaban J connectivity index is 1.87. The van der Waals surface area contributed by atoms with E-state index >= 15 is 0 Å². The summed E-state index contributed by atoms with van der Waals surface area (Å²) in [4.78, 5) is 11.8. The number of carbonyl (C=O) groups excluding carboxylic acids is 1. The predicted molar refractivity (Wildman–Crippen MR) is 89.6 cm³/mol. The van der Waals surface area contributed by atoms with Gasteiger partial charge in [-0.2, -0.15) is 0 Å². The van der Waals surface area contributed by atoms with Crippen LogP contribution in [0.2, 0.25) is 0 Å². The SMILES string of the molecule is CCCCOCCOC(=O)Oc1ccccc1-c1ccccc1. The molecule has 0 atom stereocenters. The minimum Gasteiger partial charge on any atom is -0.432 e. The van der Waals surface area contributed by atoms with Gasteiger partial charge >= 0.3 is 6.16 Å². The van der Waals surface area contributed by atoms with Crippen LogP contribution < -0.4 is 4.74 Å². The van der Waals surface area contributed by atoms with E-state index in [2.05, 4.69) is 6.92 Å². The lowest BCUT2D eigenvalue weighted by Crippen LogP contribution is -2.15. The van der Waals surface area contributed by atoms with Crippen molar-refractivity contribution in [2.75, 3.05) is 19.8 Å². The van der Waals surface area contributed by atoms with Crippen molar-refractivity contribution in [3.05, 3.63) is 54.6 Å². The van der Waals surface area contributed by atoms with Crippen molar-refractivity contribution in [1.82, 2.24) is 0 Å². The molecule has 0 saturated heterocycles. The van der Waals surface area contributed by atoms with Gasteiger partial charge < -0.3 is 14.2 Å². The summed E-state index contributed by atoms with van der Waals surface area (Å²) < 4.78 is 15.7. The highest BCUT2D eigenvalue weighted by Crippen LogP contribution is 2.29. The summed E-state index contributed by atoms with van der Waals surface area (Å²) in [6.45, 7) is 3.36. The molecule has 0 aliphatic heterocycles. The van der Waals surface area contributed by atoms with Gasteiger partial charge in [0.1, 0.15) is 12.4 Å². The highest BCUT2D eigenvalue weighted by Gasteiger charge is 2.11. The van der Waals surface area contributed by atoms with Crippen molar-refractivity contribution >= 4 is 6.16 Å². The van der Waals surface area contributed by atoms with E-state index in [0.717, 1.165) is 24.0 Å². The molecule has 2 aromatic carbocycles. The molecule has 0 radical (unpaired) electrons. The van der Waals surface area contributed by atoms with E-state index in [1.165, 1.54) is 0 Å². The number of para-hydroxylation sites is 1. The van der Waals surface area contributed by atoms with E-state index in [4.69, 9.17) is 14.2 Å². The van der Waals surface area contributed by atoms with E-state index < -0.39 is 6.16 Å². The third kappa shape index (κ3) is 5.75. The second kappa shape index (κ2) is 9.64. The third-order valence-electron chi connectivity index (χ3n) is 3.25. The summed E-state index contributed by atoms with van der Waals surface area (Å²) in [6.07, 6.45) is 1.38. The molecule has 0 fully saturated rings. The average Bonchev–Trinajstić information content (AvgIpc) is 2.59. The first-order valence-electron chi connectivity index (χ1n) is 7.88. The van der Waals surface area contributed by atoms with Crippen molar-refractivity contribution in [3.63, 3.8) is 0 Å². The third-order valence-corrected chi connectivity index (χ3v) is 3.25. The Morgan fingerprint density at radius 2 is 1.65 bits per heavy atom. The van der Waals surface area contributed by atoms with Crippen molar-refractivity contribution in [2.24, 2.45) is 0 Å². The summed E-state index contributed by atoms with van der Waals surface area (Å²) in [5, 5.41) is 0. The Morgan fingerprint density at radius 1 is 0.913 bits per heavy atom. The number of ether oxygens (including phenoxy) is 3. The number of benzene rings is 2. The molecular formula is C19H22O4. The molecule has 0 N–H and O–H groups in total. The van der Waals surface area contributed by atoms with E-state index in [-0.39, 0.29) is 6.61 Å². The molecule has 0 amide bonds. The van der Waals surface area contributed by atoms with E-state index in [1.807, 2.05) is 48.5 Å². The van der Waals surface area contributed by atoms with E-state index in [0.29, 0.717) is 19.0 Å². The minimum absolute atomic E-state index is 0.191. The van der Waals surface area contributed by atoms with Gasteiger partial charge in [-0.25, -0.2) is 4.79 Å². The van der Waals surface area contributed by atoms with Crippen LogP contribution in [0.15, 0.2) is 54.6 Å². The standard InChI is InChI=1S/C19H22O4/c1-2-3-13-21-14-15-22-19(20)23-18-12-8-7-11-17(18)16-9-5-4-6-10-16/h4-12H,2-3,13-15H2,1H3. The van der Waals surface area contributed by atoms with E-state index in [9.17, 15) is 4.79 Å². The fraction of sp³-hybridized carbons (Fsp3) is 0.316. The first-order chi connectivity index (χ1) is 11.3. The van der Waals surface area contributed by atoms with Gasteiger partial charge in [0.2, 0.25) is 0 Å². The van der Waals surface area contributed by atoms with Crippen molar-refractivity contribution < 1.29 is 19.0 Å². The molecule has 2 rings (SSSR count).